The number of rotatable bonds is 3. The SMILES string of the molecule is O=C(O)C(F)(F)F.O=C(c1cnccn1)N1C[C@H]2CN(CC3CCOC3)C[C@H]2C1. The van der Waals surface area contributed by atoms with E-state index < -0.39 is 12.1 Å². The third-order valence-electron chi connectivity index (χ3n) is 5.41. The van der Waals surface area contributed by atoms with Gasteiger partial charge in [0.15, 0.2) is 0 Å². The predicted octanol–water partition coefficient (Wildman–Crippen LogP) is 1.15. The molecule has 160 valence electrons. The Labute approximate surface area is 165 Å². The molecule has 0 spiro atoms. The van der Waals surface area contributed by atoms with E-state index in [1.807, 2.05) is 4.90 Å². The number of fused-ring (bicyclic) bond motifs is 1. The van der Waals surface area contributed by atoms with E-state index >= 15 is 0 Å². The molecular formula is C18H23F3N4O4. The van der Waals surface area contributed by atoms with Gasteiger partial charge >= 0.3 is 12.1 Å². The Balaban J connectivity index is 0.000000298. The maximum absolute atomic E-state index is 12.4. The summed E-state index contributed by atoms with van der Waals surface area (Å²) in [5, 5.41) is 7.12. The molecule has 0 saturated carbocycles. The van der Waals surface area contributed by atoms with Crippen LogP contribution in [0.5, 0.6) is 0 Å². The minimum atomic E-state index is -5.08. The number of aliphatic carboxylic acids is 1. The van der Waals surface area contributed by atoms with E-state index in [1.165, 1.54) is 6.42 Å². The van der Waals surface area contributed by atoms with Crippen molar-refractivity contribution in [2.24, 2.45) is 17.8 Å². The number of hydrogen-bond donors (Lipinski definition) is 1. The summed E-state index contributed by atoms with van der Waals surface area (Å²) in [7, 11) is 0. The Kier molecular flexibility index (Phi) is 6.68. The van der Waals surface area contributed by atoms with E-state index in [4.69, 9.17) is 14.6 Å². The zero-order valence-corrected chi connectivity index (χ0v) is 15.7. The van der Waals surface area contributed by atoms with E-state index in [9.17, 15) is 18.0 Å². The molecule has 3 fully saturated rings. The summed E-state index contributed by atoms with van der Waals surface area (Å²) in [6.07, 6.45) is 0.849. The first-order valence-electron chi connectivity index (χ1n) is 9.39. The number of ether oxygens (including phenoxy) is 1. The summed E-state index contributed by atoms with van der Waals surface area (Å²) in [6, 6.07) is 0. The second-order valence-corrected chi connectivity index (χ2v) is 7.57. The minimum Gasteiger partial charge on any atom is -0.475 e. The quantitative estimate of drug-likeness (QED) is 0.790. The molecule has 3 aliphatic heterocycles. The lowest BCUT2D eigenvalue weighted by atomic mass is 10.0. The zero-order chi connectivity index (χ0) is 21.0. The second-order valence-electron chi connectivity index (χ2n) is 7.57. The Morgan fingerprint density at radius 1 is 1.17 bits per heavy atom. The number of halogens is 3. The number of hydrogen-bond acceptors (Lipinski definition) is 6. The maximum atomic E-state index is 12.4. The monoisotopic (exact) mass is 416 g/mol. The summed E-state index contributed by atoms with van der Waals surface area (Å²) in [4.78, 5) is 34.0. The average molecular weight is 416 g/mol. The average Bonchev–Trinajstić information content (AvgIpc) is 3.38. The molecule has 0 bridgehead atoms. The van der Waals surface area contributed by atoms with Gasteiger partial charge in [-0.05, 0) is 24.2 Å². The Bertz CT molecular complexity index is 699. The third kappa shape index (κ3) is 5.63. The molecule has 4 rings (SSSR count). The first kappa shape index (κ1) is 21.4. The molecular weight excluding hydrogens is 393 g/mol. The first-order valence-corrected chi connectivity index (χ1v) is 9.39. The largest absolute Gasteiger partial charge is 0.490 e. The number of carbonyl (C=O) groups is 2. The van der Waals surface area contributed by atoms with E-state index in [0.717, 1.165) is 45.9 Å². The number of alkyl halides is 3. The minimum absolute atomic E-state index is 0.0262. The van der Waals surface area contributed by atoms with Gasteiger partial charge in [0.25, 0.3) is 5.91 Å². The van der Waals surface area contributed by atoms with Crippen LogP contribution in [0.25, 0.3) is 0 Å². The molecule has 4 heterocycles. The van der Waals surface area contributed by atoms with Gasteiger partial charge in [-0.3, -0.25) is 9.78 Å². The van der Waals surface area contributed by atoms with Crippen LogP contribution in [-0.2, 0) is 9.53 Å². The van der Waals surface area contributed by atoms with Crippen LogP contribution in [0, 0.1) is 17.8 Å². The molecule has 0 aromatic carbocycles. The van der Waals surface area contributed by atoms with Crippen LogP contribution >= 0.6 is 0 Å². The van der Waals surface area contributed by atoms with E-state index in [0.29, 0.717) is 23.4 Å². The number of amides is 1. The molecule has 1 unspecified atom stereocenters. The smallest absolute Gasteiger partial charge is 0.475 e. The fraction of sp³-hybridized carbons (Fsp3) is 0.667. The normalized spacial score (nSPS) is 26.7. The lowest BCUT2D eigenvalue weighted by Crippen LogP contribution is -2.35. The van der Waals surface area contributed by atoms with Crippen molar-refractivity contribution in [1.82, 2.24) is 19.8 Å². The number of carboxylic acid groups (broad SMARTS) is 1. The summed E-state index contributed by atoms with van der Waals surface area (Å²) in [5.41, 5.74) is 0.461. The number of aromatic nitrogens is 2. The van der Waals surface area contributed by atoms with Gasteiger partial charge in [0.05, 0.1) is 12.8 Å². The van der Waals surface area contributed by atoms with Crippen LogP contribution < -0.4 is 0 Å². The van der Waals surface area contributed by atoms with Gasteiger partial charge in [0.2, 0.25) is 0 Å². The van der Waals surface area contributed by atoms with Crippen LogP contribution in [0.2, 0.25) is 0 Å². The van der Waals surface area contributed by atoms with Gasteiger partial charge in [-0.1, -0.05) is 0 Å². The highest BCUT2D eigenvalue weighted by Gasteiger charge is 2.42. The van der Waals surface area contributed by atoms with E-state index in [-0.39, 0.29) is 5.91 Å². The number of likely N-dealkylation sites (tertiary alicyclic amines) is 2. The van der Waals surface area contributed by atoms with Crippen molar-refractivity contribution in [2.75, 3.05) is 45.9 Å². The number of carboxylic acids is 1. The van der Waals surface area contributed by atoms with Gasteiger partial charge in [-0.25, -0.2) is 9.78 Å². The van der Waals surface area contributed by atoms with Gasteiger partial charge in [-0.15, -0.1) is 0 Å². The fourth-order valence-electron chi connectivity index (χ4n) is 4.07. The summed E-state index contributed by atoms with van der Waals surface area (Å²) in [5.74, 6) is -0.798. The molecule has 0 aliphatic carbocycles. The van der Waals surface area contributed by atoms with Crippen LogP contribution in [-0.4, -0.2) is 88.9 Å². The highest BCUT2D eigenvalue weighted by atomic mass is 19.4. The highest BCUT2D eigenvalue weighted by molar-refractivity contribution is 5.92. The standard InChI is InChI=1S/C16H22N4O2.C2HF3O2/c21-16(15-5-17-2-3-18-15)20-9-13-7-19(8-14(13)10-20)6-12-1-4-22-11-12;3-2(4,5)1(6)7/h2-3,5,12-14H,1,4,6-11H2;(H,6,7)/t12?,13-,14+;. The predicted molar refractivity (Wildman–Crippen MR) is 94.0 cm³/mol. The van der Waals surface area contributed by atoms with Crippen LogP contribution in [0.4, 0.5) is 13.2 Å². The molecule has 29 heavy (non-hydrogen) atoms. The van der Waals surface area contributed by atoms with Gasteiger partial charge < -0.3 is 19.6 Å². The molecule has 3 aliphatic rings. The Hall–Kier alpha value is -2.27. The Morgan fingerprint density at radius 3 is 2.31 bits per heavy atom. The summed E-state index contributed by atoms with van der Waals surface area (Å²) >= 11 is 0. The van der Waals surface area contributed by atoms with Gasteiger partial charge in [-0.2, -0.15) is 13.2 Å². The van der Waals surface area contributed by atoms with Crippen LogP contribution in [0.15, 0.2) is 18.6 Å². The van der Waals surface area contributed by atoms with Crippen LogP contribution in [0.3, 0.4) is 0 Å². The van der Waals surface area contributed by atoms with Crippen molar-refractivity contribution in [3.63, 3.8) is 0 Å². The van der Waals surface area contributed by atoms with Crippen molar-refractivity contribution in [3.05, 3.63) is 24.3 Å². The fourth-order valence-corrected chi connectivity index (χ4v) is 4.07. The highest BCUT2D eigenvalue weighted by Crippen LogP contribution is 2.32. The van der Waals surface area contributed by atoms with Crippen molar-refractivity contribution in [2.45, 2.75) is 12.6 Å². The molecule has 1 aromatic heterocycles. The molecule has 11 heteroatoms. The second kappa shape index (κ2) is 9.04. The van der Waals surface area contributed by atoms with Crippen molar-refractivity contribution >= 4 is 11.9 Å². The summed E-state index contributed by atoms with van der Waals surface area (Å²) in [6.45, 7) is 6.95. The van der Waals surface area contributed by atoms with E-state index in [1.54, 1.807) is 18.6 Å². The van der Waals surface area contributed by atoms with Crippen molar-refractivity contribution in [3.8, 4) is 0 Å². The lowest BCUT2D eigenvalue weighted by molar-refractivity contribution is -0.192. The topological polar surface area (TPSA) is 95.9 Å². The van der Waals surface area contributed by atoms with Crippen LogP contribution in [0.1, 0.15) is 16.9 Å². The van der Waals surface area contributed by atoms with Crippen molar-refractivity contribution < 1.29 is 32.6 Å². The molecule has 1 aromatic rings. The molecule has 1 N–H and O–H groups in total. The van der Waals surface area contributed by atoms with E-state index in [2.05, 4.69) is 14.9 Å². The third-order valence-corrected chi connectivity index (χ3v) is 5.41. The molecule has 3 atom stereocenters. The first-order chi connectivity index (χ1) is 13.7. The molecule has 0 radical (unpaired) electrons. The van der Waals surface area contributed by atoms with Gasteiger partial charge in [0.1, 0.15) is 5.69 Å². The Morgan fingerprint density at radius 2 is 1.83 bits per heavy atom. The lowest BCUT2D eigenvalue weighted by Gasteiger charge is -2.23. The summed E-state index contributed by atoms with van der Waals surface area (Å²) < 4.78 is 37.2. The number of carbonyl (C=O) groups excluding carboxylic acids is 1. The van der Waals surface area contributed by atoms with Gasteiger partial charge in [0, 0.05) is 51.7 Å². The molecule has 8 nitrogen and oxygen atoms in total. The maximum Gasteiger partial charge on any atom is 0.490 e. The number of nitrogens with zero attached hydrogens (tertiary/aromatic N) is 4. The zero-order valence-electron chi connectivity index (χ0n) is 15.7. The van der Waals surface area contributed by atoms with Crippen molar-refractivity contribution in [1.29, 1.82) is 0 Å². The molecule has 3 saturated heterocycles. The molecule has 1 amide bonds.